The average Bonchev–Trinajstić information content (AvgIpc) is 3.56. The van der Waals surface area contributed by atoms with Crippen LogP contribution in [0.25, 0.3) is 0 Å². The van der Waals surface area contributed by atoms with Crippen LogP contribution in [0.1, 0.15) is 391 Å². The number of hydrogen-bond acceptors (Lipinski definition) is 12. The highest BCUT2D eigenvalue weighted by atomic mass is 16.6. The van der Waals surface area contributed by atoms with E-state index >= 15 is 0 Å². The van der Waals surface area contributed by atoms with Crippen LogP contribution in [0.15, 0.2) is 0 Å². The lowest BCUT2D eigenvalue weighted by atomic mass is 10.00. The minimum atomic E-state index is -0.0351. The summed E-state index contributed by atoms with van der Waals surface area (Å²) in [5.74, 6) is 0.353. The summed E-state index contributed by atoms with van der Waals surface area (Å²) >= 11 is 0. The van der Waals surface area contributed by atoms with E-state index in [-0.39, 0.29) is 71.3 Å². The zero-order valence-corrected chi connectivity index (χ0v) is 61.5. The number of carbonyl (C=O) groups excluding carboxylic acids is 6. The average molecular weight is 1280 g/mol. The second kappa shape index (κ2) is 71.7. The molecule has 0 bridgehead atoms. The molecule has 0 aliphatic rings. The zero-order chi connectivity index (χ0) is 67.4. The summed E-state index contributed by atoms with van der Waals surface area (Å²) in [7, 11) is 0. The molecule has 0 radical (unpaired) electrons. The Labute approximate surface area is 557 Å². The van der Waals surface area contributed by atoms with Gasteiger partial charge in [0.1, 0.15) is 0 Å². The highest BCUT2D eigenvalue weighted by Crippen LogP contribution is 2.20. The Morgan fingerprint density at radius 2 is 0.356 bits per heavy atom. The second-order valence-electron chi connectivity index (χ2n) is 26.4. The molecule has 0 heterocycles. The Morgan fingerprint density at radius 3 is 0.500 bits per heavy atom. The van der Waals surface area contributed by atoms with Crippen molar-refractivity contribution >= 4 is 35.8 Å². The van der Waals surface area contributed by atoms with Crippen LogP contribution in [-0.2, 0) is 57.2 Å². The highest BCUT2D eigenvalue weighted by molar-refractivity contribution is 5.74. The van der Waals surface area contributed by atoms with Gasteiger partial charge in [0.2, 0.25) is 0 Å². The fourth-order valence-electron chi connectivity index (χ4n) is 11.1. The quantitative estimate of drug-likeness (QED) is 0.0323. The van der Waals surface area contributed by atoms with Crippen molar-refractivity contribution in [3.05, 3.63) is 0 Å². The molecule has 0 aromatic carbocycles. The lowest BCUT2D eigenvalue weighted by Gasteiger charge is -2.13. The number of rotatable bonds is 63. The number of hydrogen-bond donors (Lipinski definition) is 0. The number of ether oxygens (including phenoxy) is 6. The predicted molar refractivity (Wildman–Crippen MR) is 376 cm³/mol. The molecule has 0 aliphatic carbocycles. The molecule has 0 saturated heterocycles. The Balaban J connectivity index is -0.00000126. The first-order valence-corrected chi connectivity index (χ1v) is 38.7. The Morgan fingerprint density at radius 1 is 0.200 bits per heavy atom. The van der Waals surface area contributed by atoms with Crippen LogP contribution < -0.4 is 0 Å². The normalized spacial score (nSPS) is 13.1. The Hall–Kier alpha value is -3.18. The first-order chi connectivity index (χ1) is 43.7. The number of esters is 6. The molecular weight excluding hydrogens is 1130 g/mol. The van der Waals surface area contributed by atoms with E-state index in [0.29, 0.717) is 39.6 Å². The van der Waals surface area contributed by atoms with Crippen LogP contribution in [0, 0.1) is 35.5 Å². The van der Waals surface area contributed by atoms with Gasteiger partial charge in [-0.3, -0.25) is 28.8 Å². The van der Waals surface area contributed by atoms with E-state index in [1.807, 2.05) is 20.8 Å². The van der Waals surface area contributed by atoms with E-state index in [9.17, 15) is 28.8 Å². The molecule has 12 heteroatoms. The third-order valence-electron chi connectivity index (χ3n) is 17.7. The van der Waals surface area contributed by atoms with Crippen LogP contribution >= 0.6 is 0 Å². The molecule has 0 aromatic heterocycles. The van der Waals surface area contributed by atoms with E-state index in [1.54, 1.807) is 0 Å². The van der Waals surface area contributed by atoms with Crippen LogP contribution in [0.4, 0.5) is 0 Å². The first kappa shape index (κ1) is 91.0. The van der Waals surface area contributed by atoms with Crippen molar-refractivity contribution in [2.45, 2.75) is 391 Å². The monoisotopic (exact) mass is 1280 g/mol. The predicted octanol–water partition coefficient (Wildman–Crippen LogP) is 22.9. The largest absolute Gasteiger partial charge is 0.465 e. The van der Waals surface area contributed by atoms with Crippen LogP contribution in [0.2, 0.25) is 0 Å². The Bertz CT molecular complexity index is 1510. The third kappa shape index (κ3) is 61.0. The van der Waals surface area contributed by atoms with Gasteiger partial charge < -0.3 is 28.4 Å². The molecule has 0 aliphatic heterocycles. The Kier molecular flexibility index (Phi) is 72.5. The minimum Gasteiger partial charge on any atom is -0.465 e. The van der Waals surface area contributed by atoms with E-state index < -0.39 is 0 Å². The summed E-state index contributed by atoms with van der Waals surface area (Å²) in [5, 5.41) is 0. The fourth-order valence-corrected chi connectivity index (χ4v) is 11.1. The van der Waals surface area contributed by atoms with Crippen molar-refractivity contribution in [2.24, 2.45) is 35.5 Å². The molecule has 0 amide bonds. The lowest BCUT2D eigenvalue weighted by molar-refractivity contribution is -0.150. The van der Waals surface area contributed by atoms with Gasteiger partial charge in [-0.15, -0.1) is 0 Å². The van der Waals surface area contributed by atoms with Gasteiger partial charge >= 0.3 is 35.8 Å². The summed E-state index contributed by atoms with van der Waals surface area (Å²) in [6.45, 7) is 28.3. The molecule has 0 saturated carbocycles. The summed E-state index contributed by atoms with van der Waals surface area (Å²) < 4.78 is 32.3. The van der Waals surface area contributed by atoms with Gasteiger partial charge in [0.05, 0.1) is 75.1 Å². The fraction of sp³-hybridized carbons (Fsp3) is 0.923. The van der Waals surface area contributed by atoms with Gasteiger partial charge in [0, 0.05) is 0 Å². The summed E-state index contributed by atoms with van der Waals surface area (Å²) in [4.78, 5) is 71.2. The molecule has 6 unspecified atom stereocenters. The van der Waals surface area contributed by atoms with E-state index in [0.717, 1.165) is 193 Å². The van der Waals surface area contributed by atoms with Gasteiger partial charge in [-0.1, -0.05) is 295 Å². The maximum atomic E-state index is 12.0. The SMILES string of the molecule is CCCC(C)C(=O)OCCCCCCCCCCCCOC(=O)C(C)CCC.CCCCC(CC)C(=O)OCCCCCCCCCCCCOC(=O)C(C)CCC.CCCCC(CC)C(=O)OCCCCCCCCCCCCOC(=O)C(CC)CCCC. The second-order valence-corrected chi connectivity index (χ2v) is 26.4. The van der Waals surface area contributed by atoms with E-state index in [4.69, 9.17) is 28.4 Å². The smallest absolute Gasteiger partial charge is 0.308 e. The van der Waals surface area contributed by atoms with Crippen molar-refractivity contribution in [3.8, 4) is 0 Å². The van der Waals surface area contributed by atoms with Crippen molar-refractivity contribution < 1.29 is 57.2 Å². The van der Waals surface area contributed by atoms with Crippen LogP contribution in [0.3, 0.4) is 0 Å². The molecule has 534 valence electrons. The topological polar surface area (TPSA) is 158 Å². The van der Waals surface area contributed by atoms with Gasteiger partial charge in [-0.2, -0.15) is 0 Å². The molecule has 90 heavy (non-hydrogen) atoms. The maximum Gasteiger partial charge on any atom is 0.308 e. The summed E-state index contributed by atoms with van der Waals surface area (Å²) in [6, 6.07) is 0. The van der Waals surface area contributed by atoms with Gasteiger partial charge in [-0.25, -0.2) is 0 Å². The number of unbranched alkanes of at least 4 members (excludes halogenated alkanes) is 30. The van der Waals surface area contributed by atoms with Crippen molar-refractivity contribution in [1.82, 2.24) is 0 Å². The van der Waals surface area contributed by atoms with Gasteiger partial charge in [0.15, 0.2) is 0 Å². The molecule has 12 nitrogen and oxygen atoms in total. The molecule has 0 rings (SSSR count). The summed E-state index contributed by atoms with van der Waals surface area (Å²) in [6.07, 6.45) is 53.8. The van der Waals surface area contributed by atoms with Crippen LogP contribution in [-0.4, -0.2) is 75.5 Å². The van der Waals surface area contributed by atoms with Gasteiger partial charge in [0.25, 0.3) is 0 Å². The van der Waals surface area contributed by atoms with Crippen LogP contribution in [0.5, 0.6) is 0 Å². The molecule has 0 N–H and O–H groups in total. The van der Waals surface area contributed by atoms with Crippen molar-refractivity contribution in [3.63, 3.8) is 0 Å². The molecule has 0 fully saturated rings. The molecule has 6 atom stereocenters. The zero-order valence-electron chi connectivity index (χ0n) is 61.5. The molecule has 0 aromatic rings. The summed E-state index contributed by atoms with van der Waals surface area (Å²) in [5.41, 5.74) is 0. The molecular formula is C78H150O12. The lowest BCUT2D eigenvalue weighted by Crippen LogP contribution is -2.17. The number of carbonyl (C=O) groups is 6. The van der Waals surface area contributed by atoms with Gasteiger partial charge in [-0.05, 0) is 96.3 Å². The standard InChI is InChI=1S/C28H54O4.C26H50O4.C24H46O4/c1-5-9-21-25(7-3)27(29)31-23-19-17-15-13-11-12-14-16-18-20-24-32-28(30)26(8-4)22-10-6-2;1-5-8-20-24(7-3)26(28)30-22-18-16-14-12-10-9-11-13-15-17-21-29-25(27)23(4)19-6-2;1-5-17-21(3)23(25)27-19-15-13-11-9-7-8-10-12-14-16-20-28-24(26)22(4)18-6-2/h25-26H,5-24H2,1-4H3;23-24H,5-22H2,1-4H3;21-22H,5-20H2,1-4H3. The van der Waals surface area contributed by atoms with Crippen molar-refractivity contribution in [2.75, 3.05) is 39.6 Å². The molecule has 0 spiro atoms. The van der Waals surface area contributed by atoms with E-state index in [1.165, 1.54) is 116 Å². The third-order valence-corrected chi connectivity index (χ3v) is 17.7. The highest BCUT2D eigenvalue weighted by Gasteiger charge is 2.20. The van der Waals surface area contributed by atoms with E-state index in [2.05, 4.69) is 62.3 Å². The maximum absolute atomic E-state index is 12.0. The van der Waals surface area contributed by atoms with Crippen molar-refractivity contribution in [1.29, 1.82) is 0 Å². The minimum absolute atomic E-state index is 0.0104. The first-order valence-electron chi connectivity index (χ1n) is 38.7.